The summed E-state index contributed by atoms with van der Waals surface area (Å²) >= 11 is 5.59. The van der Waals surface area contributed by atoms with E-state index >= 15 is 0 Å². The number of rotatable bonds is 2. The van der Waals surface area contributed by atoms with Crippen molar-refractivity contribution in [1.29, 1.82) is 0 Å². The second-order valence-electron chi connectivity index (χ2n) is 9.92. The van der Waals surface area contributed by atoms with Crippen LogP contribution in [0.25, 0.3) is 0 Å². The van der Waals surface area contributed by atoms with E-state index in [1.165, 1.54) is 38.5 Å². The van der Waals surface area contributed by atoms with Crippen LogP contribution in [0.1, 0.15) is 64.7 Å². The van der Waals surface area contributed by atoms with Gasteiger partial charge in [-0.3, -0.25) is 0 Å². The maximum absolute atomic E-state index is 10.7. The maximum Gasteiger partial charge on any atom is 0.127 e. The molecular formula is C23H33ClO2. The van der Waals surface area contributed by atoms with Crippen LogP contribution in [0.5, 0.6) is 0 Å². The number of hydrogen-bond acceptors (Lipinski definition) is 2. The van der Waals surface area contributed by atoms with Gasteiger partial charge in [0.05, 0.1) is 6.61 Å². The molecule has 3 heteroatoms. The molecule has 4 fully saturated rings. The van der Waals surface area contributed by atoms with E-state index < -0.39 is 5.60 Å². The minimum absolute atomic E-state index is 0.145. The van der Waals surface area contributed by atoms with Gasteiger partial charge in [-0.2, -0.15) is 0 Å². The minimum atomic E-state index is -0.851. The molecule has 4 rings (SSSR count). The molecule has 0 radical (unpaired) electrons. The Balaban J connectivity index is 1.52. The fourth-order valence-corrected chi connectivity index (χ4v) is 8.04. The Morgan fingerprint density at radius 3 is 2.58 bits per heavy atom. The molecule has 4 aliphatic carbocycles. The van der Waals surface area contributed by atoms with Crippen LogP contribution in [0.4, 0.5) is 0 Å². The second kappa shape index (κ2) is 6.84. The summed E-state index contributed by atoms with van der Waals surface area (Å²) in [4.78, 5) is 0. The zero-order chi connectivity index (χ0) is 18.5. The Bertz CT molecular complexity index is 634. The highest BCUT2D eigenvalue weighted by Gasteiger charge is 2.57. The lowest BCUT2D eigenvalue weighted by Crippen LogP contribution is -2.50. The van der Waals surface area contributed by atoms with Crippen LogP contribution in [-0.2, 0) is 0 Å². The van der Waals surface area contributed by atoms with E-state index in [-0.39, 0.29) is 6.61 Å². The molecule has 0 aromatic carbocycles. The van der Waals surface area contributed by atoms with Gasteiger partial charge in [-0.1, -0.05) is 19.4 Å². The number of fused-ring (bicyclic) bond motifs is 5. The molecule has 0 amide bonds. The molecule has 0 aromatic rings. The Labute approximate surface area is 163 Å². The second-order valence-corrected chi connectivity index (χ2v) is 10.1. The summed E-state index contributed by atoms with van der Waals surface area (Å²) in [7, 11) is 0. The summed E-state index contributed by atoms with van der Waals surface area (Å²) in [6.07, 6.45) is 10.3. The predicted molar refractivity (Wildman–Crippen MR) is 105 cm³/mol. The molecular weight excluding hydrogens is 344 g/mol. The molecule has 2 nitrogen and oxygen atoms in total. The van der Waals surface area contributed by atoms with Crippen molar-refractivity contribution in [1.82, 2.24) is 0 Å². The summed E-state index contributed by atoms with van der Waals surface area (Å²) in [5, 5.41) is 22.8. The highest BCUT2D eigenvalue weighted by molar-refractivity contribution is 6.30. The Morgan fingerprint density at radius 2 is 1.85 bits per heavy atom. The van der Waals surface area contributed by atoms with Gasteiger partial charge < -0.3 is 10.2 Å². The summed E-state index contributed by atoms with van der Waals surface area (Å²) < 4.78 is 0. The van der Waals surface area contributed by atoms with Crippen molar-refractivity contribution in [3.8, 4) is 11.3 Å². The third-order valence-corrected chi connectivity index (χ3v) is 9.08. The average Bonchev–Trinajstić information content (AvgIpc) is 2.98. The standard InChI is InChI=1S/C23H33ClO2/c1-15(14-25)20-5-6-21-19-4-3-16-13-23(26,11-12-24)10-8-17(16)18(19)7-9-22(20,21)2/h16-21,25-26H,1,3-10,13-14H2,2H3/t16-,17+,18-,19-,20-,21+,22-,23+/m1/s1. The van der Waals surface area contributed by atoms with Gasteiger partial charge in [-0.25, -0.2) is 0 Å². The fraction of sp³-hybridized carbons (Fsp3) is 0.826. The first-order valence-electron chi connectivity index (χ1n) is 10.6. The number of hydrogen-bond donors (Lipinski definition) is 2. The molecule has 0 aliphatic heterocycles. The van der Waals surface area contributed by atoms with E-state index in [4.69, 9.17) is 11.6 Å². The van der Waals surface area contributed by atoms with Crippen molar-refractivity contribution >= 4 is 11.6 Å². The zero-order valence-corrected chi connectivity index (χ0v) is 16.8. The first-order chi connectivity index (χ1) is 12.4. The largest absolute Gasteiger partial charge is 0.392 e. The van der Waals surface area contributed by atoms with Crippen molar-refractivity contribution in [3.05, 3.63) is 12.2 Å². The highest BCUT2D eigenvalue weighted by Crippen LogP contribution is 2.65. The van der Waals surface area contributed by atoms with Gasteiger partial charge in [0.15, 0.2) is 0 Å². The topological polar surface area (TPSA) is 40.5 Å². The monoisotopic (exact) mass is 376 g/mol. The third kappa shape index (κ3) is 2.86. The summed E-state index contributed by atoms with van der Waals surface area (Å²) in [5.74, 6) is 7.19. The maximum atomic E-state index is 10.7. The van der Waals surface area contributed by atoms with Crippen LogP contribution >= 0.6 is 11.6 Å². The van der Waals surface area contributed by atoms with Crippen LogP contribution in [0.15, 0.2) is 12.2 Å². The lowest BCUT2D eigenvalue weighted by Gasteiger charge is -2.57. The van der Waals surface area contributed by atoms with Crippen molar-refractivity contribution in [2.75, 3.05) is 6.61 Å². The molecule has 0 bridgehead atoms. The molecule has 4 aliphatic rings. The van der Waals surface area contributed by atoms with Crippen LogP contribution in [-0.4, -0.2) is 22.4 Å². The van der Waals surface area contributed by atoms with Crippen molar-refractivity contribution in [3.63, 3.8) is 0 Å². The molecule has 0 spiro atoms. The Hall–Kier alpha value is -0.490. The molecule has 26 heavy (non-hydrogen) atoms. The lowest BCUT2D eigenvalue weighted by atomic mass is 9.48. The van der Waals surface area contributed by atoms with Crippen LogP contribution in [0, 0.1) is 52.2 Å². The molecule has 2 N–H and O–H groups in total. The van der Waals surface area contributed by atoms with Crippen LogP contribution in [0.3, 0.4) is 0 Å². The van der Waals surface area contributed by atoms with Gasteiger partial charge in [-0.15, -0.1) is 0 Å². The number of aliphatic hydroxyl groups excluding tert-OH is 1. The first-order valence-corrected chi connectivity index (χ1v) is 10.9. The summed E-state index contributed by atoms with van der Waals surface area (Å²) in [6.45, 7) is 6.82. The van der Waals surface area contributed by atoms with Gasteiger partial charge in [0.2, 0.25) is 0 Å². The molecule has 4 saturated carbocycles. The van der Waals surface area contributed by atoms with Gasteiger partial charge in [0.25, 0.3) is 0 Å². The predicted octanol–water partition coefficient (Wildman–Crippen LogP) is 4.73. The van der Waals surface area contributed by atoms with Crippen LogP contribution in [0.2, 0.25) is 0 Å². The molecule has 8 atom stereocenters. The molecule has 0 unspecified atom stereocenters. The summed E-state index contributed by atoms with van der Waals surface area (Å²) in [6, 6.07) is 0. The Morgan fingerprint density at radius 1 is 1.08 bits per heavy atom. The van der Waals surface area contributed by atoms with E-state index in [1.54, 1.807) is 0 Å². The number of aliphatic hydroxyl groups is 2. The highest BCUT2D eigenvalue weighted by atomic mass is 35.5. The van der Waals surface area contributed by atoms with Crippen molar-refractivity contribution < 1.29 is 10.2 Å². The quantitative estimate of drug-likeness (QED) is 0.540. The van der Waals surface area contributed by atoms with Crippen LogP contribution < -0.4 is 0 Å². The molecule has 144 valence electrons. The summed E-state index contributed by atoms with van der Waals surface area (Å²) in [5.41, 5.74) is 0.549. The normalized spacial score (nSPS) is 50.0. The van der Waals surface area contributed by atoms with E-state index in [0.717, 1.165) is 48.5 Å². The van der Waals surface area contributed by atoms with E-state index in [0.29, 0.717) is 17.3 Å². The fourth-order valence-electron chi connectivity index (χ4n) is 7.86. The Kier molecular flexibility index (Phi) is 4.96. The SMILES string of the molecule is C=C(CO)[C@H]1CC[C@H]2[C@@H]3CC[C@@H]4C[C@@](O)(C#CCl)CC[C@@H]4[C@H]3CC[C@]12C. The van der Waals surface area contributed by atoms with Gasteiger partial charge in [0, 0.05) is 5.38 Å². The lowest BCUT2D eigenvalue weighted by molar-refractivity contribution is -0.0876. The van der Waals surface area contributed by atoms with Gasteiger partial charge in [0.1, 0.15) is 5.60 Å². The average molecular weight is 377 g/mol. The van der Waals surface area contributed by atoms with Crippen molar-refractivity contribution in [2.45, 2.75) is 70.3 Å². The molecule has 0 aromatic heterocycles. The van der Waals surface area contributed by atoms with Gasteiger partial charge in [-0.05, 0) is 116 Å². The molecule has 0 saturated heterocycles. The van der Waals surface area contributed by atoms with E-state index in [1.807, 2.05) is 0 Å². The van der Waals surface area contributed by atoms with Crippen molar-refractivity contribution in [2.24, 2.45) is 40.9 Å². The van der Waals surface area contributed by atoms with E-state index in [2.05, 4.69) is 24.8 Å². The minimum Gasteiger partial charge on any atom is -0.392 e. The number of halogens is 1. The smallest absolute Gasteiger partial charge is 0.127 e. The zero-order valence-electron chi connectivity index (χ0n) is 16.0. The molecule has 0 heterocycles. The van der Waals surface area contributed by atoms with Gasteiger partial charge >= 0.3 is 0 Å². The van der Waals surface area contributed by atoms with E-state index in [9.17, 15) is 10.2 Å². The first kappa shape index (κ1) is 18.9. The third-order valence-electron chi connectivity index (χ3n) is 8.99.